The first-order chi connectivity index (χ1) is 14.0. The lowest BCUT2D eigenvalue weighted by molar-refractivity contribution is 0.0951. The smallest absolute Gasteiger partial charge is 0.251 e. The number of nitrogens with zero attached hydrogens (tertiary/aromatic N) is 1. The summed E-state index contributed by atoms with van der Waals surface area (Å²) in [5.41, 5.74) is 1.23. The highest BCUT2D eigenvalue weighted by molar-refractivity contribution is 5.94. The molecule has 0 saturated heterocycles. The number of hydrogen-bond donors (Lipinski definition) is 2. The molecule has 29 heavy (non-hydrogen) atoms. The van der Waals surface area contributed by atoms with E-state index in [-0.39, 0.29) is 24.0 Å². The van der Waals surface area contributed by atoms with E-state index in [0.717, 1.165) is 17.7 Å². The van der Waals surface area contributed by atoms with Gasteiger partial charge in [-0.25, -0.2) is 13.8 Å². The maximum atomic E-state index is 13.8. The summed E-state index contributed by atoms with van der Waals surface area (Å²) >= 11 is 0. The zero-order valence-electron chi connectivity index (χ0n) is 15.8. The van der Waals surface area contributed by atoms with Crippen LogP contribution in [0.2, 0.25) is 0 Å². The van der Waals surface area contributed by atoms with E-state index in [1.165, 1.54) is 31.5 Å². The van der Waals surface area contributed by atoms with E-state index < -0.39 is 11.6 Å². The van der Waals surface area contributed by atoms with Crippen LogP contribution in [0, 0.1) is 11.6 Å². The van der Waals surface area contributed by atoms with E-state index in [1.807, 2.05) is 6.07 Å². The Morgan fingerprint density at radius 3 is 2.52 bits per heavy atom. The molecule has 0 fully saturated rings. The molecule has 0 spiro atoms. The second kappa shape index (κ2) is 9.01. The van der Waals surface area contributed by atoms with Crippen molar-refractivity contribution in [2.24, 2.45) is 0 Å². The van der Waals surface area contributed by atoms with Gasteiger partial charge in [-0.2, -0.15) is 0 Å². The minimum Gasteiger partial charge on any atom is -0.493 e. The molecule has 0 aliphatic carbocycles. The minimum atomic E-state index is -0.755. The van der Waals surface area contributed by atoms with Gasteiger partial charge in [-0.15, -0.1) is 0 Å². The molecule has 0 radical (unpaired) electrons. The van der Waals surface area contributed by atoms with E-state index in [2.05, 4.69) is 15.6 Å². The largest absolute Gasteiger partial charge is 0.493 e. The molecular weight excluding hydrogens is 380 g/mol. The Hall–Kier alpha value is -3.68. The van der Waals surface area contributed by atoms with Gasteiger partial charge in [-0.05, 0) is 42.0 Å². The van der Waals surface area contributed by atoms with Crippen molar-refractivity contribution in [1.82, 2.24) is 10.3 Å². The molecule has 2 N–H and O–H groups in total. The number of pyridine rings is 1. The highest BCUT2D eigenvalue weighted by Crippen LogP contribution is 2.27. The van der Waals surface area contributed by atoms with Crippen LogP contribution in [0.15, 0.2) is 54.7 Å². The lowest BCUT2D eigenvalue weighted by Crippen LogP contribution is -2.23. The van der Waals surface area contributed by atoms with Crippen LogP contribution in [-0.2, 0) is 6.54 Å². The van der Waals surface area contributed by atoms with Crippen molar-refractivity contribution in [1.29, 1.82) is 0 Å². The van der Waals surface area contributed by atoms with Gasteiger partial charge in [-0.1, -0.05) is 6.07 Å². The zero-order valence-corrected chi connectivity index (χ0v) is 15.8. The van der Waals surface area contributed by atoms with Crippen LogP contribution in [0.4, 0.5) is 20.3 Å². The molecule has 1 heterocycles. The number of rotatable bonds is 7. The third-order valence-electron chi connectivity index (χ3n) is 4.12. The van der Waals surface area contributed by atoms with Crippen molar-refractivity contribution in [3.05, 3.63) is 77.5 Å². The van der Waals surface area contributed by atoms with E-state index in [1.54, 1.807) is 19.2 Å². The fourth-order valence-corrected chi connectivity index (χ4v) is 2.64. The fourth-order valence-electron chi connectivity index (χ4n) is 2.64. The van der Waals surface area contributed by atoms with Crippen LogP contribution >= 0.6 is 0 Å². The minimum absolute atomic E-state index is 0.0572. The molecule has 8 heteroatoms. The predicted octanol–water partition coefficient (Wildman–Crippen LogP) is 4.05. The third kappa shape index (κ3) is 4.98. The predicted molar refractivity (Wildman–Crippen MR) is 105 cm³/mol. The average molecular weight is 399 g/mol. The van der Waals surface area contributed by atoms with Crippen LogP contribution in [0.3, 0.4) is 0 Å². The van der Waals surface area contributed by atoms with Gasteiger partial charge in [0.1, 0.15) is 17.5 Å². The molecule has 150 valence electrons. The van der Waals surface area contributed by atoms with Gasteiger partial charge in [0.25, 0.3) is 5.91 Å². The van der Waals surface area contributed by atoms with E-state index in [4.69, 9.17) is 9.47 Å². The van der Waals surface area contributed by atoms with Crippen molar-refractivity contribution in [2.45, 2.75) is 6.54 Å². The van der Waals surface area contributed by atoms with Gasteiger partial charge >= 0.3 is 0 Å². The molecule has 0 bridgehead atoms. The van der Waals surface area contributed by atoms with Gasteiger partial charge in [0, 0.05) is 24.4 Å². The summed E-state index contributed by atoms with van der Waals surface area (Å²) < 4.78 is 37.2. The number of ether oxygens (including phenoxy) is 2. The quantitative estimate of drug-likeness (QED) is 0.627. The molecular formula is C21H19F2N3O3. The Kier molecular flexibility index (Phi) is 6.23. The number of carbonyl (C=O) groups is 1. The number of aromatic nitrogens is 1. The van der Waals surface area contributed by atoms with Crippen molar-refractivity contribution in [2.75, 3.05) is 19.5 Å². The van der Waals surface area contributed by atoms with Gasteiger partial charge in [0.05, 0.1) is 19.9 Å². The van der Waals surface area contributed by atoms with Crippen molar-refractivity contribution >= 4 is 17.4 Å². The highest BCUT2D eigenvalue weighted by atomic mass is 19.1. The van der Waals surface area contributed by atoms with E-state index >= 15 is 0 Å². The maximum absolute atomic E-state index is 13.8. The first kappa shape index (κ1) is 20.1. The summed E-state index contributed by atoms with van der Waals surface area (Å²) in [5.74, 6) is -0.338. The standard InChI is InChI=1S/C21H19F2N3O3/c1-28-18-6-3-13(9-19(18)29-2)12-25-21(27)14-7-8-24-20(10-14)26-17-5-4-15(22)11-16(17)23/h3-11H,12H2,1-2H3,(H,24,26)(H,25,27). The Balaban J connectivity index is 1.68. The summed E-state index contributed by atoms with van der Waals surface area (Å²) in [7, 11) is 3.09. The zero-order chi connectivity index (χ0) is 20.8. The first-order valence-electron chi connectivity index (χ1n) is 8.67. The number of anilines is 2. The highest BCUT2D eigenvalue weighted by Gasteiger charge is 2.10. The number of nitrogens with one attached hydrogen (secondary N) is 2. The lowest BCUT2D eigenvalue weighted by Gasteiger charge is -2.11. The average Bonchev–Trinajstić information content (AvgIpc) is 2.74. The Morgan fingerprint density at radius 1 is 1.00 bits per heavy atom. The Bertz CT molecular complexity index is 1030. The van der Waals surface area contributed by atoms with Crippen LogP contribution in [0.25, 0.3) is 0 Å². The summed E-state index contributed by atoms with van der Waals surface area (Å²) in [4.78, 5) is 16.5. The summed E-state index contributed by atoms with van der Waals surface area (Å²) in [6.45, 7) is 0.275. The maximum Gasteiger partial charge on any atom is 0.251 e. The Labute approximate surface area is 166 Å². The molecule has 3 aromatic rings. The summed E-state index contributed by atoms with van der Waals surface area (Å²) in [6.07, 6.45) is 1.43. The topological polar surface area (TPSA) is 72.5 Å². The number of amides is 1. The molecule has 0 unspecified atom stereocenters. The number of halogens is 2. The molecule has 2 aromatic carbocycles. The molecule has 0 atom stereocenters. The number of benzene rings is 2. The fraction of sp³-hybridized carbons (Fsp3) is 0.143. The number of methoxy groups -OCH3 is 2. The van der Waals surface area contributed by atoms with E-state index in [9.17, 15) is 13.6 Å². The second-order valence-corrected chi connectivity index (χ2v) is 6.05. The van der Waals surface area contributed by atoms with Crippen LogP contribution in [-0.4, -0.2) is 25.1 Å². The van der Waals surface area contributed by atoms with Crippen LogP contribution < -0.4 is 20.1 Å². The molecule has 6 nitrogen and oxygen atoms in total. The third-order valence-corrected chi connectivity index (χ3v) is 4.12. The molecule has 0 saturated carbocycles. The SMILES string of the molecule is COc1ccc(CNC(=O)c2ccnc(Nc3ccc(F)cc3F)c2)cc1OC. The van der Waals surface area contributed by atoms with Crippen LogP contribution in [0.5, 0.6) is 11.5 Å². The lowest BCUT2D eigenvalue weighted by atomic mass is 10.2. The van der Waals surface area contributed by atoms with Crippen molar-refractivity contribution in [3.8, 4) is 11.5 Å². The van der Waals surface area contributed by atoms with Gasteiger partial charge < -0.3 is 20.1 Å². The summed E-state index contributed by atoms with van der Waals surface area (Å²) in [6, 6.07) is 11.5. The van der Waals surface area contributed by atoms with Crippen LogP contribution in [0.1, 0.15) is 15.9 Å². The monoisotopic (exact) mass is 399 g/mol. The normalized spacial score (nSPS) is 10.3. The van der Waals surface area contributed by atoms with Gasteiger partial charge in [-0.3, -0.25) is 4.79 Å². The summed E-state index contributed by atoms with van der Waals surface area (Å²) in [5, 5.41) is 5.53. The molecule has 1 amide bonds. The number of hydrogen-bond acceptors (Lipinski definition) is 5. The van der Waals surface area contributed by atoms with Gasteiger partial charge in [0.15, 0.2) is 11.5 Å². The Morgan fingerprint density at radius 2 is 1.79 bits per heavy atom. The number of carbonyl (C=O) groups excluding carboxylic acids is 1. The molecule has 0 aliphatic rings. The molecule has 1 aromatic heterocycles. The van der Waals surface area contributed by atoms with Crippen molar-refractivity contribution in [3.63, 3.8) is 0 Å². The van der Waals surface area contributed by atoms with Gasteiger partial charge in [0.2, 0.25) is 0 Å². The molecule has 3 rings (SSSR count). The molecule has 0 aliphatic heterocycles. The van der Waals surface area contributed by atoms with E-state index in [0.29, 0.717) is 17.1 Å². The second-order valence-electron chi connectivity index (χ2n) is 6.05. The first-order valence-corrected chi connectivity index (χ1v) is 8.67. The van der Waals surface area contributed by atoms with Crippen molar-refractivity contribution < 1.29 is 23.0 Å².